The molecule has 9 nitrogen and oxygen atoms in total. The lowest BCUT2D eigenvalue weighted by Crippen LogP contribution is -2.48. The highest BCUT2D eigenvalue weighted by molar-refractivity contribution is 5.93. The number of nitrogens with zero attached hydrogens (tertiary/aromatic N) is 7. The highest BCUT2D eigenvalue weighted by Crippen LogP contribution is 2.28. The van der Waals surface area contributed by atoms with Crippen LogP contribution in [0.1, 0.15) is 0 Å². The van der Waals surface area contributed by atoms with Crippen LogP contribution in [0.4, 0.5) is 0 Å². The van der Waals surface area contributed by atoms with Crippen LogP contribution in [0.15, 0.2) is 71.9 Å². The maximum atomic E-state index is 13.6. The fraction of sp³-hybridized carbons (Fsp3) is 0.259. The molecule has 0 aliphatic carbocycles. The molecule has 0 atom stereocenters. The molecule has 0 radical (unpaired) electrons. The summed E-state index contributed by atoms with van der Waals surface area (Å²) in [5.41, 5.74) is 4.99. The topological polar surface area (TPSA) is 81.2 Å². The summed E-state index contributed by atoms with van der Waals surface area (Å²) in [4.78, 5) is 35.1. The molecule has 36 heavy (non-hydrogen) atoms. The molecule has 1 fully saturated rings. The van der Waals surface area contributed by atoms with Crippen LogP contribution in [-0.2, 0) is 18.4 Å². The van der Waals surface area contributed by atoms with E-state index in [-0.39, 0.29) is 18.1 Å². The molecule has 2 aromatic carbocycles. The van der Waals surface area contributed by atoms with Gasteiger partial charge in [0, 0.05) is 50.4 Å². The number of benzene rings is 2. The SMILES string of the molecule is CN1CCN(C(=O)Cn2c(=O)n(-c3ccc(-c4cncc5c4cnn5C)cc3)c3ccccc32)CC1. The van der Waals surface area contributed by atoms with Crippen LogP contribution in [0, 0.1) is 0 Å². The van der Waals surface area contributed by atoms with E-state index >= 15 is 0 Å². The van der Waals surface area contributed by atoms with E-state index in [2.05, 4.69) is 22.0 Å². The Bertz CT molecular complexity index is 1640. The van der Waals surface area contributed by atoms with Crippen LogP contribution in [-0.4, -0.2) is 72.8 Å². The second-order valence-corrected chi connectivity index (χ2v) is 9.31. The highest BCUT2D eigenvalue weighted by Gasteiger charge is 2.22. The summed E-state index contributed by atoms with van der Waals surface area (Å²) in [6, 6.07) is 15.5. The number of carbonyl (C=O) groups is 1. The first-order valence-electron chi connectivity index (χ1n) is 12.0. The number of amides is 1. The van der Waals surface area contributed by atoms with E-state index in [0.717, 1.165) is 51.8 Å². The zero-order valence-corrected chi connectivity index (χ0v) is 20.3. The van der Waals surface area contributed by atoms with Gasteiger partial charge in [-0.25, -0.2) is 4.79 Å². The standard InChI is InChI=1S/C27H27N7O2/c1-30-11-13-32(14-12-30)26(35)18-33-23-5-3-4-6-24(23)34(27(33)36)20-9-7-19(8-10-20)21-15-28-17-25-22(21)16-29-31(25)2/h3-10,15-17H,11-14,18H2,1-2H3. The smallest absolute Gasteiger partial charge is 0.334 e. The molecule has 1 amide bonds. The van der Waals surface area contributed by atoms with Gasteiger partial charge in [0.1, 0.15) is 6.54 Å². The molecule has 0 bridgehead atoms. The van der Waals surface area contributed by atoms with Crippen molar-refractivity contribution < 1.29 is 4.79 Å². The fourth-order valence-electron chi connectivity index (χ4n) is 4.98. The van der Waals surface area contributed by atoms with Gasteiger partial charge in [0.25, 0.3) is 0 Å². The zero-order chi connectivity index (χ0) is 24.8. The van der Waals surface area contributed by atoms with Gasteiger partial charge in [0.05, 0.1) is 34.6 Å². The summed E-state index contributed by atoms with van der Waals surface area (Å²) >= 11 is 0. The molecule has 1 aliphatic rings. The Morgan fingerprint density at radius 2 is 1.58 bits per heavy atom. The number of imidazole rings is 1. The van der Waals surface area contributed by atoms with Crippen LogP contribution in [0.5, 0.6) is 0 Å². The molecule has 182 valence electrons. The minimum Gasteiger partial charge on any atom is -0.339 e. The summed E-state index contributed by atoms with van der Waals surface area (Å²) in [6.45, 7) is 3.09. The van der Waals surface area contributed by atoms with E-state index in [1.165, 1.54) is 0 Å². The van der Waals surface area contributed by atoms with Gasteiger partial charge in [-0.2, -0.15) is 5.10 Å². The second kappa shape index (κ2) is 8.76. The van der Waals surface area contributed by atoms with Gasteiger partial charge in [-0.3, -0.25) is 23.6 Å². The van der Waals surface area contributed by atoms with Crippen molar-refractivity contribution in [1.82, 2.24) is 33.7 Å². The number of fused-ring (bicyclic) bond motifs is 2. The average molecular weight is 482 g/mol. The van der Waals surface area contributed by atoms with Crippen LogP contribution in [0.3, 0.4) is 0 Å². The maximum absolute atomic E-state index is 13.6. The Labute approximate surface area is 207 Å². The molecule has 3 aromatic heterocycles. The van der Waals surface area contributed by atoms with Crippen molar-refractivity contribution in [3.05, 3.63) is 77.6 Å². The number of para-hydroxylation sites is 2. The average Bonchev–Trinajstić information content (AvgIpc) is 3.42. The lowest BCUT2D eigenvalue weighted by molar-refractivity contribution is -0.133. The van der Waals surface area contributed by atoms with Gasteiger partial charge in [-0.15, -0.1) is 0 Å². The Morgan fingerprint density at radius 1 is 0.861 bits per heavy atom. The summed E-state index contributed by atoms with van der Waals surface area (Å²) in [5, 5.41) is 5.38. The lowest BCUT2D eigenvalue weighted by atomic mass is 10.0. The number of aromatic nitrogens is 5. The van der Waals surface area contributed by atoms with Crippen molar-refractivity contribution in [3.63, 3.8) is 0 Å². The van der Waals surface area contributed by atoms with E-state index < -0.39 is 0 Å². The molecular formula is C27H27N7O2. The quantitative estimate of drug-likeness (QED) is 0.394. The lowest BCUT2D eigenvalue weighted by Gasteiger charge is -2.32. The monoisotopic (exact) mass is 481 g/mol. The number of pyridine rings is 1. The van der Waals surface area contributed by atoms with E-state index in [9.17, 15) is 9.59 Å². The molecule has 1 saturated heterocycles. The first-order valence-corrected chi connectivity index (χ1v) is 12.0. The Kier molecular flexibility index (Phi) is 5.41. The Morgan fingerprint density at radius 3 is 2.33 bits per heavy atom. The van der Waals surface area contributed by atoms with E-state index in [0.29, 0.717) is 13.1 Å². The first-order chi connectivity index (χ1) is 17.5. The van der Waals surface area contributed by atoms with Gasteiger partial charge in [-0.05, 0) is 36.9 Å². The molecule has 1 aliphatic heterocycles. The molecule has 4 heterocycles. The number of rotatable bonds is 4. The minimum atomic E-state index is -0.220. The van der Waals surface area contributed by atoms with Crippen LogP contribution < -0.4 is 5.69 Å². The predicted molar refractivity (Wildman–Crippen MR) is 139 cm³/mol. The van der Waals surface area contributed by atoms with Gasteiger partial charge >= 0.3 is 5.69 Å². The number of likely N-dealkylation sites (N-methyl/N-ethyl adjacent to an activating group) is 1. The summed E-state index contributed by atoms with van der Waals surface area (Å²) in [6.07, 6.45) is 5.48. The van der Waals surface area contributed by atoms with Crippen molar-refractivity contribution in [2.75, 3.05) is 33.2 Å². The fourth-order valence-corrected chi connectivity index (χ4v) is 4.98. The van der Waals surface area contributed by atoms with Crippen molar-refractivity contribution in [3.8, 4) is 16.8 Å². The third-order valence-corrected chi connectivity index (χ3v) is 7.10. The predicted octanol–water partition coefficient (Wildman–Crippen LogP) is 2.51. The molecule has 6 rings (SSSR count). The number of hydrogen-bond acceptors (Lipinski definition) is 5. The summed E-state index contributed by atoms with van der Waals surface area (Å²) < 4.78 is 5.07. The largest absolute Gasteiger partial charge is 0.339 e. The Balaban J connectivity index is 1.37. The molecule has 0 spiro atoms. The van der Waals surface area contributed by atoms with E-state index in [1.807, 2.05) is 72.9 Å². The Hall–Kier alpha value is -4.24. The molecular weight excluding hydrogens is 454 g/mol. The third kappa shape index (κ3) is 3.68. The van der Waals surface area contributed by atoms with Crippen LogP contribution >= 0.6 is 0 Å². The maximum Gasteiger partial charge on any atom is 0.334 e. The van der Waals surface area contributed by atoms with Crippen molar-refractivity contribution in [1.29, 1.82) is 0 Å². The first kappa shape index (κ1) is 22.2. The summed E-state index contributed by atoms with van der Waals surface area (Å²) in [7, 11) is 3.95. The number of carbonyl (C=O) groups excluding carboxylic acids is 1. The molecule has 0 N–H and O–H groups in total. The van der Waals surface area contributed by atoms with Gasteiger partial charge in [-0.1, -0.05) is 24.3 Å². The van der Waals surface area contributed by atoms with Gasteiger partial charge < -0.3 is 9.80 Å². The third-order valence-electron chi connectivity index (χ3n) is 7.10. The molecule has 0 unspecified atom stereocenters. The van der Waals surface area contributed by atoms with Crippen molar-refractivity contribution in [2.24, 2.45) is 7.05 Å². The summed E-state index contributed by atoms with van der Waals surface area (Å²) in [5.74, 6) is -0.0273. The highest BCUT2D eigenvalue weighted by atomic mass is 16.2. The molecule has 5 aromatic rings. The zero-order valence-electron chi connectivity index (χ0n) is 20.3. The van der Waals surface area contributed by atoms with Crippen LogP contribution in [0.25, 0.3) is 38.8 Å². The normalized spacial score (nSPS) is 14.7. The number of hydrogen-bond donors (Lipinski definition) is 0. The molecule has 0 saturated carbocycles. The van der Waals surface area contributed by atoms with Crippen LogP contribution in [0.2, 0.25) is 0 Å². The second-order valence-electron chi connectivity index (χ2n) is 9.31. The van der Waals surface area contributed by atoms with Crippen molar-refractivity contribution >= 4 is 27.8 Å². The number of piperazine rings is 1. The number of aryl methyl sites for hydroxylation is 1. The van der Waals surface area contributed by atoms with Crippen molar-refractivity contribution in [2.45, 2.75) is 6.54 Å². The van der Waals surface area contributed by atoms with Gasteiger partial charge in [0.2, 0.25) is 5.91 Å². The molecule has 9 heteroatoms. The van der Waals surface area contributed by atoms with E-state index in [4.69, 9.17) is 0 Å². The van der Waals surface area contributed by atoms with Gasteiger partial charge in [0.15, 0.2) is 0 Å². The van der Waals surface area contributed by atoms with E-state index in [1.54, 1.807) is 20.0 Å². The minimum absolute atomic E-state index is 0.0273.